The summed E-state index contributed by atoms with van der Waals surface area (Å²) in [5.41, 5.74) is 0. The molecule has 394 valence electrons. The lowest BCUT2D eigenvalue weighted by molar-refractivity contribution is -0.161. The number of carbonyl (C=O) groups is 6. The molecule has 0 aliphatic heterocycles. The number of nitrogens with zero attached hydrogens (tertiary/aromatic N) is 1. The number of unbranched alkanes of at least 4 members (excludes halogenated alkanes) is 16. The third kappa shape index (κ3) is 46.0. The van der Waals surface area contributed by atoms with Gasteiger partial charge in [-0.3, -0.25) is 37.9 Å². The van der Waals surface area contributed by atoms with Crippen LogP contribution >= 0.6 is 7.82 Å². The zero-order chi connectivity index (χ0) is 50.4. The highest BCUT2D eigenvalue weighted by atomic mass is 31.2. The maximum Gasteiger partial charge on any atom is 0.472 e. The number of carboxylic acids is 2. The Morgan fingerprint density at radius 1 is 0.603 bits per heavy atom. The average molecular weight is 995 g/mol. The fourth-order valence-corrected chi connectivity index (χ4v) is 7.04. The van der Waals surface area contributed by atoms with E-state index in [9.17, 15) is 38.2 Å². The van der Waals surface area contributed by atoms with Crippen molar-refractivity contribution in [2.75, 3.05) is 92.2 Å². The first kappa shape index (κ1) is 64.2. The number of hydrogen-bond acceptors (Lipinski definition) is 16. The number of esters is 3. The minimum absolute atomic E-state index is 0.0590. The smallest absolute Gasteiger partial charge is 0.472 e. The number of phosphoric acid groups is 1. The first-order valence-electron chi connectivity index (χ1n) is 24.4. The van der Waals surface area contributed by atoms with Gasteiger partial charge in [-0.2, -0.15) is 0 Å². The second-order valence-electron chi connectivity index (χ2n) is 16.1. The predicted molar refractivity (Wildman–Crippen MR) is 253 cm³/mol. The molecule has 1 amide bonds. The highest BCUT2D eigenvalue weighted by molar-refractivity contribution is 7.47. The molecule has 0 fully saturated rings. The third-order valence-corrected chi connectivity index (χ3v) is 10.9. The molecule has 1 unspecified atom stereocenters. The van der Waals surface area contributed by atoms with Crippen LogP contribution in [0.1, 0.15) is 142 Å². The molecule has 0 aromatic carbocycles. The van der Waals surface area contributed by atoms with Crippen LogP contribution in [-0.4, -0.2) is 154 Å². The molecule has 2 atom stereocenters. The molecule has 0 bridgehead atoms. The summed E-state index contributed by atoms with van der Waals surface area (Å²) in [6.07, 6.45) is 24.2. The van der Waals surface area contributed by atoms with E-state index in [1.54, 1.807) is 18.2 Å². The number of aliphatic carboxylic acids is 2. The van der Waals surface area contributed by atoms with E-state index in [0.29, 0.717) is 32.3 Å². The van der Waals surface area contributed by atoms with Gasteiger partial charge in [-0.05, 0) is 26.2 Å². The maximum absolute atomic E-state index is 12.7. The average Bonchev–Trinajstić information content (AvgIpc) is 3.28. The molecule has 0 aliphatic carbocycles. The van der Waals surface area contributed by atoms with Gasteiger partial charge in [0.2, 0.25) is 5.91 Å². The summed E-state index contributed by atoms with van der Waals surface area (Å²) in [6.45, 7) is 2.44. The number of ether oxygens (including phenoxy) is 6. The third-order valence-electron chi connectivity index (χ3n) is 9.87. The Morgan fingerprint density at radius 3 is 1.71 bits per heavy atom. The van der Waals surface area contributed by atoms with E-state index in [1.165, 1.54) is 68.8 Å². The van der Waals surface area contributed by atoms with Gasteiger partial charge in [0.15, 0.2) is 6.10 Å². The summed E-state index contributed by atoms with van der Waals surface area (Å²) in [4.78, 5) is 82.2. The van der Waals surface area contributed by atoms with Crippen LogP contribution in [-0.2, 0) is 70.8 Å². The van der Waals surface area contributed by atoms with Crippen molar-refractivity contribution in [2.45, 2.75) is 148 Å². The zero-order valence-corrected chi connectivity index (χ0v) is 41.7. The first-order chi connectivity index (χ1) is 32.8. The summed E-state index contributed by atoms with van der Waals surface area (Å²) in [6, 6.07) is 0. The Labute approximate surface area is 403 Å². The topological polar surface area (TPSA) is 269 Å². The van der Waals surface area contributed by atoms with Crippen molar-refractivity contribution in [3.8, 4) is 0 Å². The van der Waals surface area contributed by atoms with Crippen LogP contribution < -0.4 is 5.32 Å². The summed E-state index contributed by atoms with van der Waals surface area (Å²) in [5, 5.41) is 20.2. The second-order valence-corrected chi connectivity index (χ2v) is 17.5. The number of rotatable bonds is 49. The number of carboxylic acid groups (broad SMARTS) is 2. The maximum atomic E-state index is 12.7. The fraction of sp³-hybridized carbons (Fsp3) is 0.787. The van der Waals surface area contributed by atoms with Gasteiger partial charge in [0.25, 0.3) is 0 Å². The Hall–Kier alpha value is -3.75. The Morgan fingerprint density at radius 2 is 1.13 bits per heavy atom. The minimum atomic E-state index is -4.68. The van der Waals surface area contributed by atoms with Crippen molar-refractivity contribution in [2.24, 2.45) is 0 Å². The van der Waals surface area contributed by atoms with Gasteiger partial charge in [-0.15, -0.1) is 0 Å². The number of nitrogens with one attached hydrogen (secondary N) is 1. The van der Waals surface area contributed by atoms with E-state index in [1.807, 2.05) is 6.92 Å². The standard InChI is InChI=1S/C47H83N2O18P/c1-3-5-7-8-9-10-11-12-13-14-15-17-21-25-46(56)64-38-41(67-47(57)26-22-18-16-19-23-29-63-45(55)24-20-6-4-2)39-66-68(58,59)65-30-27-48-42(50)40-62-35-34-61-33-32-60-31-28-49(36-43(51)52)37-44(53)54/h4,6,20,24,41H,3,5,7-19,21-23,25-40H2,1-2H3,(H,48,50)(H,51,52)(H,53,54)(H,58,59)/b6-4+,24-20+/t41-/m1/s1. The van der Waals surface area contributed by atoms with Gasteiger partial charge in [0.1, 0.15) is 13.2 Å². The number of allylic oxidation sites excluding steroid dienone is 3. The van der Waals surface area contributed by atoms with Crippen LogP contribution in [0.4, 0.5) is 0 Å². The van der Waals surface area contributed by atoms with Crippen molar-refractivity contribution in [1.29, 1.82) is 0 Å². The van der Waals surface area contributed by atoms with Crippen LogP contribution in [0.25, 0.3) is 0 Å². The van der Waals surface area contributed by atoms with Gasteiger partial charge in [0.05, 0.1) is 65.9 Å². The minimum Gasteiger partial charge on any atom is -0.480 e. The van der Waals surface area contributed by atoms with Gasteiger partial charge in [0, 0.05) is 32.0 Å². The highest BCUT2D eigenvalue weighted by Gasteiger charge is 2.26. The molecule has 0 aromatic rings. The molecule has 0 radical (unpaired) electrons. The van der Waals surface area contributed by atoms with Crippen LogP contribution in [0.15, 0.2) is 24.3 Å². The summed E-state index contributed by atoms with van der Waals surface area (Å²) in [5.74, 6) is -4.31. The molecule has 0 saturated heterocycles. The van der Waals surface area contributed by atoms with E-state index < -0.39 is 76.0 Å². The number of phosphoric ester groups is 1. The SMILES string of the molecule is C/C=C/C=C/C(=O)OCCCCCCCC(=O)O[C@H](COC(=O)CCCCCCCCCCCCCCC)COP(=O)(O)OCCNC(=O)COCCOCCOCCN(CC(=O)O)CC(=O)O. The number of carbonyl (C=O) groups excluding carboxylic acids is 4. The molecule has 21 heteroatoms. The molecule has 0 heterocycles. The summed E-state index contributed by atoms with van der Waals surface area (Å²) in [7, 11) is -4.68. The van der Waals surface area contributed by atoms with Gasteiger partial charge < -0.3 is 48.8 Å². The van der Waals surface area contributed by atoms with Crippen LogP contribution in [0.2, 0.25) is 0 Å². The summed E-state index contributed by atoms with van der Waals surface area (Å²) < 4.78 is 54.6. The Kier molecular flexibility index (Phi) is 43.2. The molecule has 20 nitrogen and oxygen atoms in total. The van der Waals surface area contributed by atoms with Crippen molar-refractivity contribution < 1.29 is 85.9 Å². The molecule has 4 N–H and O–H groups in total. The molecule has 0 aliphatic rings. The van der Waals surface area contributed by atoms with E-state index in [-0.39, 0.29) is 72.2 Å². The van der Waals surface area contributed by atoms with Crippen molar-refractivity contribution in [3.05, 3.63) is 24.3 Å². The normalized spacial score (nSPS) is 12.9. The van der Waals surface area contributed by atoms with Crippen LogP contribution in [0.3, 0.4) is 0 Å². The molecule has 0 spiro atoms. The molecule has 0 saturated carbocycles. The molecular weight excluding hydrogens is 911 g/mol. The van der Waals surface area contributed by atoms with Crippen molar-refractivity contribution >= 4 is 43.6 Å². The number of amides is 1. The van der Waals surface area contributed by atoms with E-state index >= 15 is 0 Å². The highest BCUT2D eigenvalue weighted by Crippen LogP contribution is 2.43. The van der Waals surface area contributed by atoms with E-state index in [0.717, 1.165) is 32.1 Å². The molecular formula is C47H83N2O18P. The van der Waals surface area contributed by atoms with E-state index in [4.69, 9.17) is 47.7 Å². The second kappa shape index (κ2) is 45.7. The number of hydrogen-bond donors (Lipinski definition) is 4. The Bertz CT molecular complexity index is 1430. The van der Waals surface area contributed by atoms with Crippen molar-refractivity contribution in [3.63, 3.8) is 0 Å². The monoisotopic (exact) mass is 995 g/mol. The lowest BCUT2D eigenvalue weighted by atomic mass is 10.0. The van der Waals surface area contributed by atoms with Crippen molar-refractivity contribution in [1.82, 2.24) is 10.2 Å². The first-order valence-corrected chi connectivity index (χ1v) is 25.9. The largest absolute Gasteiger partial charge is 0.480 e. The van der Waals surface area contributed by atoms with Gasteiger partial charge in [-0.1, -0.05) is 121 Å². The van der Waals surface area contributed by atoms with Gasteiger partial charge >= 0.3 is 37.7 Å². The lowest BCUT2D eigenvalue weighted by Crippen LogP contribution is -2.37. The zero-order valence-electron chi connectivity index (χ0n) is 40.8. The van der Waals surface area contributed by atoms with Crippen LogP contribution in [0, 0.1) is 0 Å². The molecule has 68 heavy (non-hydrogen) atoms. The van der Waals surface area contributed by atoms with Gasteiger partial charge in [-0.25, -0.2) is 9.36 Å². The van der Waals surface area contributed by atoms with E-state index in [2.05, 4.69) is 12.2 Å². The fourth-order valence-electron chi connectivity index (χ4n) is 6.29. The Balaban J connectivity index is 4.57. The summed E-state index contributed by atoms with van der Waals surface area (Å²) >= 11 is 0. The molecule has 0 aromatic heterocycles. The quantitative estimate of drug-likeness (QED) is 0.0123. The predicted octanol–water partition coefficient (Wildman–Crippen LogP) is 6.71. The van der Waals surface area contributed by atoms with Crippen LogP contribution in [0.5, 0.6) is 0 Å². The molecule has 0 rings (SSSR count). The lowest BCUT2D eigenvalue weighted by Gasteiger charge is -2.20.